The molecule has 7 rings (SSSR count). The lowest BCUT2D eigenvalue weighted by molar-refractivity contribution is -0.355. The molecule has 0 spiro atoms. The fraction of sp³-hybridized carbons (Fsp3) is 0.0357. The van der Waals surface area contributed by atoms with Gasteiger partial charge in [-0.1, -0.05) is 24.3 Å². The summed E-state index contributed by atoms with van der Waals surface area (Å²) in [6.07, 6.45) is 2.87. The number of benzene rings is 3. The Labute approximate surface area is 258 Å². The Morgan fingerprint density at radius 1 is 0.630 bits per heavy atom. The van der Waals surface area contributed by atoms with E-state index < -0.39 is 90.7 Å². The summed E-state index contributed by atoms with van der Waals surface area (Å²) in [5, 5.41) is 3.06. The van der Waals surface area contributed by atoms with Gasteiger partial charge >= 0.3 is 0 Å². The normalized spacial score (nSPS) is 18.5. The van der Waals surface area contributed by atoms with Gasteiger partial charge in [0.05, 0.1) is 5.56 Å². The van der Waals surface area contributed by atoms with Gasteiger partial charge in [0.15, 0.2) is 17.3 Å². The molecule has 0 saturated carbocycles. The first kappa shape index (κ1) is 29.7. The minimum Gasteiger partial charge on any atom is -0.364 e. The van der Waals surface area contributed by atoms with Crippen molar-refractivity contribution in [1.82, 2.24) is 0 Å². The van der Waals surface area contributed by atoms with Crippen LogP contribution < -0.4 is 10.3 Å². The number of fused-ring (bicyclic) bond motifs is 7. The number of allylic oxidation sites excluding steroid dienone is 2. The molecule has 15 nitrogen and oxygen atoms in total. The van der Waals surface area contributed by atoms with Crippen molar-refractivity contribution < 1.29 is 63.1 Å². The highest BCUT2D eigenvalue weighted by Crippen LogP contribution is 2.42. The number of rotatable bonds is 3. The number of carbonyl (C=O) groups is 4. The first-order chi connectivity index (χ1) is 21.4. The second-order valence-corrected chi connectivity index (χ2v) is 14.6. The molecule has 0 bridgehead atoms. The first-order valence-corrected chi connectivity index (χ1v) is 17.1. The largest absolute Gasteiger partial charge is 0.364 e. The van der Waals surface area contributed by atoms with Crippen molar-refractivity contribution in [2.45, 2.75) is 20.7 Å². The number of anilines is 1. The zero-order valence-electron chi connectivity index (χ0n) is 22.4. The molecule has 3 aromatic rings. The van der Waals surface area contributed by atoms with Crippen LogP contribution >= 0.6 is 0 Å². The van der Waals surface area contributed by atoms with Crippen LogP contribution in [0.4, 0.5) is 11.4 Å². The minimum atomic E-state index is -5.88. The van der Waals surface area contributed by atoms with E-state index in [9.17, 15) is 58.1 Å². The quantitative estimate of drug-likeness (QED) is 0.180. The highest BCUT2D eigenvalue weighted by Gasteiger charge is 2.47. The summed E-state index contributed by atoms with van der Waals surface area (Å²) in [5.74, 6) is -3.40. The molecule has 1 heterocycles. The standard InChI is InChI=1S/C28H14N2O13S3/c31-23-10-3-1-2-4-11(10)24(32)18-12(23)5-7-15-21(18)29-16-8-6-13-19(22(16)30-15)26(34)14-9-17(44(35,36)37)27(45(38,39)40)28(46(41,42)43)20(14)25(13)33/h1-9,21,29H,(H,35,36,37)(H,38,39,40)(H,41,42,43)/p+1. The van der Waals surface area contributed by atoms with Crippen LogP contribution in [-0.4, -0.2) is 73.8 Å². The lowest BCUT2D eigenvalue weighted by atomic mass is 9.76. The van der Waals surface area contributed by atoms with Crippen LogP contribution in [0.3, 0.4) is 0 Å². The average Bonchev–Trinajstić information content (AvgIpc) is 2.98. The van der Waals surface area contributed by atoms with Crippen LogP contribution in [0.15, 0.2) is 80.4 Å². The second-order valence-electron chi connectivity index (χ2n) is 10.5. The van der Waals surface area contributed by atoms with Gasteiger partial charge in [-0.15, -0.1) is 0 Å². The van der Waals surface area contributed by atoms with Crippen molar-refractivity contribution >= 4 is 70.6 Å². The van der Waals surface area contributed by atoms with E-state index in [-0.39, 0.29) is 51.2 Å². The lowest BCUT2D eigenvalue weighted by Crippen LogP contribution is -2.74. The van der Waals surface area contributed by atoms with E-state index in [4.69, 9.17) is 0 Å². The maximum absolute atomic E-state index is 13.9. The Morgan fingerprint density at radius 3 is 1.85 bits per heavy atom. The zero-order valence-corrected chi connectivity index (χ0v) is 24.9. The van der Waals surface area contributed by atoms with Gasteiger partial charge in [0, 0.05) is 39.5 Å². The topological polar surface area (TPSA) is 257 Å². The van der Waals surface area contributed by atoms with Crippen LogP contribution in [0.25, 0.3) is 0 Å². The monoisotopic (exact) mass is 683 g/mol. The predicted octanol–water partition coefficient (Wildman–Crippen LogP) is 0.0949. The van der Waals surface area contributed by atoms with Gasteiger partial charge in [0.25, 0.3) is 30.4 Å². The van der Waals surface area contributed by atoms with Crippen LogP contribution in [0.5, 0.6) is 0 Å². The summed E-state index contributed by atoms with van der Waals surface area (Å²) in [4.78, 5) is 51.6. The molecule has 232 valence electrons. The van der Waals surface area contributed by atoms with Crippen molar-refractivity contribution in [3.8, 4) is 0 Å². The van der Waals surface area contributed by atoms with E-state index in [1.54, 1.807) is 12.1 Å². The molecule has 0 fully saturated rings. The van der Waals surface area contributed by atoms with E-state index in [0.717, 1.165) is 6.07 Å². The molecule has 1 aliphatic heterocycles. The Hall–Kier alpha value is -4.98. The van der Waals surface area contributed by atoms with E-state index in [1.807, 2.05) is 0 Å². The Balaban J connectivity index is 1.45. The highest BCUT2D eigenvalue weighted by molar-refractivity contribution is 7.90. The molecule has 46 heavy (non-hydrogen) atoms. The van der Waals surface area contributed by atoms with Gasteiger partial charge in [-0.25, -0.2) is 4.99 Å². The van der Waals surface area contributed by atoms with E-state index in [2.05, 4.69) is 10.3 Å². The number of Topliss-reactive ketones (excluding diaryl/α,β-unsaturated/α-hetero) is 2. The molecule has 0 saturated heterocycles. The van der Waals surface area contributed by atoms with Crippen molar-refractivity contribution in [1.29, 1.82) is 0 Å². The smallest absolute Gasteiger partial charge is 0.297 e. The molecule has 3 aliphatic carbocycles. The molecule has 0 radical (unpaired) electrons. The molecule has 0 aromatic heterocycles. The van der Waals surface area contributed by atoms with E-state index in [0.29, 0.717) is 0 Å². The van der Waals surface area contributed by atoms with Crippen molar-refractivity contribution in [2.75, 3.05) is 5.32 Å². The first-order valence-electron chi connectivity index (χ1n) is 12.8. The summed E-state index contributed by atoms with van der Waals surface area (Å²) in [5.41, 5.74) is -2.28. The minimum absolute atomic E-state index is 0.0860. The number of ketones is 4. The van der Waals surface area contributed by atoms with Gasteiger partial charge in [-0.05, 0) is 24.3 Å². The van der Waals surface area contributed by atoms with Gasteiger partial charge in [-0.3, -0.25) is 32.8 Å². The van der Waals surface area contributed by atoms with Crippen LogP contribution in [-0.2, 0) is 30.4 Å². The molecule has 4 aliphatic rings. The van der Waals surface area contributed by atoms with Gasteiger partial charge in [0.2, 0.25) is 17.2 Å². The highest BCUT2D eigenvalue weighted by atomic mass is 32.2. The molecular formula is C28H15N2O13S3+. The van der Waals surface area contributed by atoms with Gasteiger partial charge < -0.3 is 5.32 Å². The van der Waals surface area contributed by atoms with Gasteiger partial charge in [-0.2, -0.15) is 25.3 Å². The summed E-state index contributed by atoms with van der Waals surface area (Å²) >= 11 is 0. The number of hydrogen-bond donors (Lipinski definition) is 5. The Bertz CT molecular complexity index is 2540. The third-order valence-electron chi connectivity index (χ3n) is 7.94. The summed E-state index contributed by atoms with van der Waals surface area (Å²) in [7, 11) is -17.5. The fourth-order valence-electron chi connectivity index (χ4n) is 6.10. The maximum Gasteiger partial charge on any atom is 0.297 e. The summed E-state index contributed by atoms with van der Waals surface area (Å²) in [6, 6.07) is 7.88. The van der Waals surface area contributed by atoms with Crippen molar-refractivity contribution in [3.63, 3.8) is 0 Å². The molecule has 1 atom stereocenters. The zero-order chi connectivity index (χ0) is 33.2. The van der Waals surface area contributed by atoms with Crippen LogP contribution in [0, 0.1) is 0 Å². The van der Waals surface area contributed by atoms with Crippen LogP contribution in [0.1, 0.15) is 52.6 Å². The fourth-order valence-corrected chi connectivity index (χ4v) is 9.49. The third-order valence-corrected chi connectivity index (χ3v) is 10.9. The Kier molecular flexibility index (Phi) is 6.00. The molecule has 1 unspecified atom stereocenters. The summed E-state index contributed by atoms with van der Waals surface area (Å²) < 4.78 is 103. The summed E-state index contributed by atoms with van der Waals surface area (Å²) in [6.45, 7) is 0. The van der Waals surface area contributed by atoms with Crippen molar-refractivity contribution in [2.24, 2.45) is 0 Å². The number of carbonyl (C=O) groups excluding carboxylic acids is 4. The number of nitrogens with one attached hydrogen (secondary N) is 2. The number of hydrogen-bond acceptors (Lipinski definition) is 11. The third kappa shape index (κ3) is 4.05. The molecular weight excluding hydrogens is 669 g/mol. The Morgan fingerprint density at radius 2 is 1.24 bits per heavy atom. The lowest BCUT2D eigenvalue weighted by Gasteiger charge is -2.31. The maximum atomic E-state index is 13.9. The molecule has 3 aromatic carbocycles. The van der Waals surface area contributed by atoms with E-state index >= 15 is 0 Å². The second kappa shape index (κ2) is 9.28. The SMILES string of the molecule is O=C1C2=C(C(=O)c3ccccc31)C1Nc3ccc4c(c3[NH+]=C1C=C2)C(=O)c1cc(S(=O)(=O)O)c(S(=O)(=O)O)c(S(=O)(=O)O)c1C4=O. The average molecular weight is 684 g/mol. The van der Waals surface area contributed by atoms with Crippen molar-refractivity contribution in [3.05, 3.63) is 99.1 Å². The predicted molar refractivity (Wildman–Crippen MR) is 154 cm³/mol. The van der Waals surface area contributed by atoms with E-state index in [1.165, 1.54) is 30.4 Å². The molecule has 5 N–H and O–H groups in total. The van der Waals surface area contributed by atoms with Gasteiger partial charge in [0.1, 0.15) is 32.0 Å². The van der Waals surface area contributed by atoms with Crippen LogP contribution in [0.2, 0.25) is 0 Å². The molecule has 0 amide bonds. The molecule has 18 heteroatoms.